The van der Waals surface area contributed by atoms with Gasteiger partial charge in [-0.3, -0.25) is 0 Å². The zero-order chi connectivity index (χ0) is 28.3. The topological polar surface area (TPSA) is 92.4 Å². The van der Waals surface area contributed by atoms with Crippen LogP contribution in [0.2, 0.25) is 0 Å². The fourth-order valence-corrected chi connectivity index (χ4v) is 6.05. The molecule has 2 aromatic heterocycles. The van der Waals surface area contributed by atoms with Crippen molar-refractivity contribution in [1.82, 2.24) is 25.2 Å². The molecule has 2 aliphatic rings. The number of nitrogens with two attached hydrogens (primary N) is 1. The van der Waals surface area contributed by atoms with Crippen LogP contribution in [0.25, 0.3) is 32.2 Å². The molecular weight excluding hydrogens is 553 g/mol. The third kappa shape index (κ3) is 4.57. The second-order valence-corrected chi connectivity index (χ2v) is 11.2. The molecule has 2 aromatic carbocycles. The number of anilines is 2. The fourth-order valence-electron chi connectivity index (χ4n) is 5.29. The Morgan fingerprint density at radius 2 is 1.95 bits per heavy atom. The van der Waals surface area contributed by atoms with Gasteiger partial charge in [0.05, 0.1) is 21.8 Å². The van der Waals surface area contributed by atoms with E-state index in [1.807, 2.05) is 7.05 Å². The number of halogens is 5. The van der Waals surface area contributed by atoms with E-state index in [4.69, 9.17) is 10.5 Å². The van der Waals surface area contributed by atoms with Crippen molar-refractivity contribution in [3.05, 3.63) is 35.4 Å². The van der Waals surface area contributed by atoms with Crippen molar-refractivity contribution in [3.8, 4) is 17.1 Å². The third-order valence-corrected chi connectivity index (χ3v) is 8.59. The van der Waals surface area contributed by atoms with Crippen LogP contribution in [0.3, 0.4) is 0 Å². The van der Waals surface area contributed by atoms with E-state index in [-0.39, 0.29) is 62.3 Å². The molecule has 0 aliphatic carbocycles. The Morgan fingerprint density at radius 3 is 2.60 bits per heavy atom. The quantitative estimate of drug-likeness (QED) is 0.319. The van der Waals surface area contributed by atoms with Gasteiger partial charge in [-0.05, 0) is 44.6 Å². The van der Waals surface area contributed by atoms with E-state index >= 15 is 4.39 Å². The SMILES string of the molecule is CN(c1nc(OC[C@@H]2CCCN2C)nc2c(F)c(-c3ccc(F)c4sc(N)nc34)c(C(F)(F)F)cc12)C1CNC1. The fraction of sp³-hybridized carbons (Fsp3) is 0.423. The molecule has 0 bridgehead atoms. The van der Waals surface area contributed by atoms with E-state index in [0.717, 1.165) is 48.9 Å². The molecule has 0 radical (unpaired) electrons. The lowest BCUT2D eigenvalue weighted by Crippen LogP contribution is -2.56. The van der Waals surface area contributed by atoms with Crippen LogP contribution in [0.15, 0.2) is 18.2 Å². The number of ether oxygens (including phenoxy) is 1. The van der Waals surface area contributed by atoms with Gasteiger partial charge in [-0.15, -0.1) is 0 Å². The van der Waals surface area contributed by atoms with E-state index in [9.17, 15) is 17.6 Å². The minimum Gasteiger partial charge on any atom is -0.462 e. The largest absolute Gasteiger partial charge is 0.462 e. The van der Waals surface area contributed by atoms with E-state index in [2.05, 4.69) is 25.2 Å². The van der Waals surface area contributed by atoms with Crippen LogP contribution >= 0.6 is 11.3 Å². The van der Waals surface area contributed by atoms with Gasteiger partial charge < -0.3 is 25.6 Å². The summed E-state index contributed by atoms with van der Waals surface area (Å²) in [5.41, 5.74) is 3.00. The van der Waals surface area contributed by atoms with Crippen LogP contribution in [0.4, 0.5) is 32.9 Å². The molecule has 1 atom stereocenters. The van der Waals surface area contributed by atoms with Crippen molar-refractivity contribution in [2.75, 3.05) is 51.0 Å². The number of nitrogens with zero attached hydrogens (tertiary/aromatic N) is 5. The van der Waals surface area contributed by atoms with Crippen molar-refractivity contribution in [3.63, 3.8) is 0 Å². The average Bonchev–Trinajstić information content (AvgIpc) is 3.46. The van der Waals surface area contributed by atoms with Crippen molar-refractivity contribution in [2.45, 2.75) is 31.1 Å². The number of rotatable bonds is 6. The zero-order valence-electron chi connectivity index (χ0n) is 21.6. The number of hydrogen-bond donors (Lipinski definition) is 2. The zero-order valence-corrected chi connectivity index (χ0v) is 22.5. The summed E-state index contributed by atoms with van der Waals surface area (Å²) in [7, 11) is 3.67. The Balaban J connectivity index is 1.58. The number of alkyl halides is 3. The Labute approximate surface area is 230 Å². The van der Waals surface area contributed by atoms with E-state index in [0.29, 0.717) is 13.1 Å². The van der Waals surface area contributed by atoms with Crippen LogP contribution in [0.5, 0.6) is 6.01 Å². The molecule has 4 aromatic rings. The predicted octanol–water partition coefficient (Wildman–Crippen LogP) is 4.67. The lowest BCUT2D eigenvalue weighted by Gasteiger charge is -2.37. The lowest BCUT2D eigenvalue weighted by atomic mass is 9.95. The molecule has 2 saturated heterocycles. The number of likely N-dealkylation sites (N-methyl/N-ethyl adjacent to an activating group) is 2. The molecule has 2 aliphatic heterocycles. The van der Waals surface area contributed by atoms with Crippen LogP contribution < -0.4 is 20.7 Å². The summed E-state index contributed by atoms with van der Waals surface area (Å²) in [6, 6.07) is 2.84. The summed E-state index contributed by atoms with van der Waals surface area (Å²) >= 11 is 0.776. The number of likely N-dealkylation sites (tertiary alicyclic amines) is 1. The highest BCUT2D eigenvalue weighted by Crippen LogP contribution is 2.46. The molecule has 4 heterocycles. The molecule has 0 unspecified atom stereocenters. The Morgan fingerprint density at radius 1 is 1.18 bits per heavy atom. The third-order valence-electron chi connectivity index (χ3n) is 7.70. The molecule has 40 heavy (non-hydrogen) atoms. The average molecular weight is 580 g/mol. The Bertz CT molecular complexity index is 1610. The summed E-state index contributed by atoms with van der Waals surface area (Å²) in [4.78, 5) is 16.6. The highest BCUT2D eigenvalue weighted by Gasteiger charge is 2.39. The van der Waals surface area contributed by atoms with Gasteiger partial charge >= 0.3 is 12.2 Å². The number of nitrogen functional groups attached to an aromatic ring is 1. The van der Waals surface area contributed by atoms with Crippen molar-refractivity contribution < 1.29 is 26.7 Å². The molecule has 0 amide bonds. The van der Waals surface area contributed by atoms with Gasteiger partial charge in [-0.1, -0.05) is 11.3 Å². The Hall–Kier alpha value is -3.36. The highest BCUT2D eigenvalue weighted by molar-refractivity contribution is 7.22. The van der Waals surface area contributed by atoms with Gasteiger partial charge in [0.1, 0.15) is 23.8 Å². The van der Waals surface area contributed by atoms with E-state index in [1.54, 1.807) is 11.9 Å². The first-order valence-electron chi connectivity index (χ1n) is 12.8. The van der Waals surface area contributed by atoms with Crippen molar-refractivity contribution >= 4 is 43.4 Å². The molecule has 2 fully saturated rings. The predicted molar refractivity (Wildman–Crippen MR) is 144 cm³/mol. The number of aromatic nitrogens is 3. The smallest absolute Gasteiger partial charge is 0.417 e. The maximum absolute atomic E-state index is 16.5. The van der Waals surface area contributed by atoms with Gasteiger partial charge in [0.25, 0.3) is 0 Å². The number of thiazole rings is 1. The van der Waals surface area contributed by atoms with Crippen LogP contribution in [-0.2, 0) is 6.18 Å². The second kappa shape index (κ2) is 9.93. The number of benzene rings is 2. The van der Waals surface area contributed by atoms with Gasteiger partial charge in [0.15, 0.2) is 10.9 Å². The summed E-state index contributed by atoms with van der Waals surface area (Å²) in [5, 5.41) is 2.96. The molecule has 8 nitrogen and oxygen atoms in total. The first kappa shape index (κ1) is 26.8. The van der Waals surface area contributed by atoms with Crippen molar-refractivity contribution in [2.24, 2.45) is 0 Å². The summed E-state index contributed by atoms with van der Waals surface area (Å²) in [6.07, 6.45) is -3.03. The standard InChI is InChI=1S/C26H26F5N7OS/c1-37-7-3-4-12(37)11-39-25-35-20-15(23(36-25)38(2)13-9-33-10-13)8-16(26(29,30)31)18(19(20)28)14-5-6-17(27)22-21(14)34-24(32)40-22/h5-6,8,12-13,33H,3-4,7,9-11H2,1-2H3,(H2,32,34)/t12-/m0/s1. The van der Waals surface area contributed by atoms with Gasteiger partial charge in [-0.2, -0.15) is 23.1 Å². The first-order valence-corrected chi connectivity index (χ1v) is 13.6. The number of nitrogens with one attached hydrogen (secondary N) is 1. The van der Waals surface area contributed by atoms with Crippen LogP contribution in [-0.4, -0.2) is 72.3 Å². The molecule has 212 valence electrons. The molecule has 0 saturated carbocycles. The Kier molecular flexibility index (Phi) is 6.66. The normalized spacial score (nSPS) is 18.5. The minimum absolute atomic E-state index is 0.0518. The summed E-state index contributed by atoms with van der Waals surface area (Å²) in [5.74, 6) is -1.81. The van der Waals surface area contributed by atoms with Crippen LogP contribution in [0, 0.1) is 11.6 Å². The van der Waals surface area contributed by atoms with Gasteiger partial charge in [0, 0.05) is 42.7 Å². The monoisotopic (exact) mass is 579 g/mol. The molecule has 3 N–H and O–H groups in total. The minimum atomic E-state index is -4.96. The van der Waals surface area contributed by atoms with E-state index in [1.165, 1.54) is 0 Å². The highest BCUT2D eigenvalue weighted by atomic mass is 32.1. The number of hydrogen-bond acceptors (Lipinski definition) is 9. The van der Waals surface area contributed by atoms with E-state index < -0.39 is 28.9 Å². The summed E-state index contributed by atoms with van der Waals surface area (Å²) in [6.45, 7) is 2.36. The van der Waals surface area contributed by atoms with Crippen LogP contribution in [0.1, 0.15) is 18.4 Å². The van der Waals surface area contributed by atoms with Crippen molar-refractivity contribution in [1.29, 1.82) is 0 Å². The molecule has 6 rings (SSSR count). The molecule has 14 heteroatoms. The molecule has 0 spiro atoms. The maximum Gasteiger partial charge on any atom is 0.417 e. The first-order chi connectivity index (χ1) is 19.0. The van der Waals surface area contributed by atoms with Gasteiger partial charge in [-0.25, -0.2) is 13.8 Å². The maximum atomic E-state index is 16.5. The van der Waals surface area contributed by atoms with Gasteiger partial charge in [0.2, 0.25) is 0 Å². The molecular formula is C26H26F5N7OS. The number of fused-ring (bicyclic) bond motifs is 2. The second-order valence-electron chi connectivity index (χ2n) is 10.2. The summed E-state index contributed by atoms with van der Waals surface area (Å²) < 4.78 is 80.4. The lowest BCUT2D eigenvalue weighted by molar-refractivity contribution is -0.137.